The van der Waals surface area contributed by atoms with Gasteiger partial charge in [-0.25, -0.2) is 39.5 Å². The van der Waals surface area contributed by atoms with Gasteiger partial charge in [0.15, 0.2) is 11.6 Å². The van der Waals surface area contributed by atoms with Gasteiger partial charge in [0.05, 0.1) is 62.8 Å². The van der Waals surface area contributed by atoms with Crippen LogP contribution in [-0.2, 0) is 18.9 Å². The summed E-state index contributed by atoms with van der Waals surface area (Å²) < 4.78 is 20.0. The first-order chi connectivity index (χ1) is 27.7. The Labute approximate surface area is 334 Å². The quantitative estimate of drug-likeness (QED) is 0.129. The smallest absolute Gasteiger partial charge is 0.337 e. The number of nitrogens with zero attached hydrogens (tertiary/aromatic N) is 7. The average Bonchev–Trinajstić information content (AvgIpc) is 3.26. The van der Waals surface area contributed by atoms with Gasteiger partial charge in [-0.05, 0) is 73.5 Å². The van der Waals surface area contributed by atoms with Gasteiger partial charge in [0.2, 0.25) is 0 Å². The van der Waals surface area contributed by atoms with Crippen molar-refractivity contribution in [2.45, 2.75) is 13.8 Å². The summed E-state index contributed by atoms with van der Waals surface area (Å²) in [5.74, 6) is 1.19. The highest BCUT2D eigenvalue weighted by atomic mass is 35.5. The zero-order chi connectivity index (χ0) is 40.1. The van der Waals surface area contributed by atoms with Crippen LogP contribution in [-0.4, -0.2) is 109 Å². The number of halogens is 1. The third-order valence-corrected chi connectivity index (χ3v) is 9.13. The van der Waals surface area contributed by atoms with Crippen LogP contribution >= 0.6 is 11.6 Å². The lowest BCUT2D eigenvalue weighted by molar-refractivity contribution is 0.0592. The Balaban J connectivity index is 0.000000170. The van der Waals surface area contributed by atoms with Gasteiger partial charge in [0.1, 0.15) is 34.7 Å². The first-order valence-electron chi connectivity index (χ1n) is 18.2. The molecular formula is C40H43ClN10O6. The minimum Gasteiger partial charge on any atom is -0.465 e. The molecule has 2 aliphatic rings. The largest absolute Gasteiger partial charge is 0.465 e. The monoisotopic (exact) mass is 794 g/mol. The summed E-state index contributed by atoms with van der Waals surface area (Å²) in [5, 5.41) is 10.00. The number of pyridine rings is 2. The molecule has 2 fully saturated rings. The van der Waals surface area contributed by atoms with Crippen LogP contribution < -0.4 is 20.9 Å². The molecule has 0 unspecified atom stereocenters. The number of morpholine rings is 2. The number of benzene rings is 2. The topological polar surface area (TPSA) is 188 Å². The molecule has 0 saturated carbocycles. The molecule has 0 spiro atoms. The Kier molecular flexibility index (Phi) is 14.0. The number of aromatic nitrogens is 6. The molecule has 8 rings (SSSR count). The van der Waals surface area contributed by atoms with Crippen LogP contribution in [0.2, 0.25) is 5.15 Å². The Bertz CT molecular complexity index is 2330. The maximum atomic E-state index is 11.9. The summed E-state index contributed by atoms with van der Waals surface area (Å²) in [6.07, 6.45) is 2.94. The second-order valence-corrected chi connectivity index (χ2v) is 13.1. The highest BCUT2D eigenvalue weighted by Gasteiger charge is 2.16. The number of rotatable bonds is 7. The van der Waals surface area contributed by atoms with Crippen molar-refractivity contribution in [3.05, 3.63) is 101 Å². The average molecular weight is 795 g/mol. The van der Waals surface area contributed by atoms with E-state index in [2.05, 4.69) is 45.8 Å². The van der Waals surface area contributed by atoms with Gasteiger partial charge >= 0.3 is 11.9 Å². The number of hydrogen-bond donors (Lipinski definition) is 3. The molecule has 57 heavy (non-hydrogen) atoms. The molecule has 3 N–H and O–H groups in total. The number of ether oxygens (including phenoxy) is 4. The van der Waals surface area contributed by atoms with Crippen molar-refractivity contribution in [3.63, 3.8) is 0 Å². The van der Waals surface area contributed by atoms with E-state index in [1.807, 2.05) is 38.1 Å². The molecule has 2 aromatic carbocycles. The SMILES string of the molecule is C1COCCN1.COC(=O)c1ccc(C)c(Nc2ncnc3ccc(Cl)nc23)c1.COC(=O)c1ccc(C)c(Nc2ncnc3ccc(N4CCOCC4)nc23)c1. The number of fused-ring (bicyclic) bond motifs is 2. The number of anilines is 5. The first kappa shape index (κ1) is 40.6. The van der Waals surface area contributed by atoms with E-state index < -0.39 is 5.97 Å². The van der Waals surface area contributed by atoms with Crippen molar-refractivity contribution in [2.24, 2.45) is 0 Å². The Morgan fingerprint density at radius 2 is 1.19 bits per heavy atom. The van der Waals surface area contributed by atoms with Crippen molar-refractivity contribution in [2.75, 3.05) is 82.4 Å². The summed E-state index contributed by atoms with van der Waals surface area (Å²) in [7, 11) is 2.71. The second-order valence-electron chi connectivity index (χ2n) is 12.7. The fourth-order valence-corrected chi connectivity index (χ4v) is 5.92. The highest BCUT2D eigenvalue weighted by Crippen LogP contribution is 2.28. The van der Waals surface area contributed by atoms with Crippen molar-refractivity contribution in [1.82, 2.24) is 35.2 Å². The van der Waals surface area contributed by atoms with E-state index in [4.69, 9.17) is 35.5 Å². The standard InChI is InChI=1S/C20H21N5O3.C16H13ClN4O2.C4H9NO/c1-13-3-4-14(20(26)27-2)11-16(13)23-19-18-15(21-12-22-19)5-6-17(24-18)25-7-9-28-10-8-25;1-9-3-4-10(16(22)23-2)7-12(9)20-15-14-11(18-8-19-15)5-6-13(17)21-14;1-3-6-4-2-5-1/h3-6,11-12H,7-10H2,1-2H3,(H,21,22,23);3-8H,1-2H3,(H,18,19,20);5H,1-4H2. The van der Waals surface area contributed by atoms with Crippen molar-refractivity contribution in [3.8, 4) is 0 Å². The van der Waals surface area contributed by atoms with Crippen LogP contribution in [0, 0.1) is 13.8 Å². The molecule has 0 atom stereocenters. The van der Waals surface area contributed by atoms with Gasteiger partial charge in [-0.3, -0.25) is 0 Å². The zero-order valence-electron chi connectivity index (χ0n) is 32.0. The molecule has 296 valence electrons. The molecular weight excluding hydrogens is 752 g/mol. The molecule has 16 nitrogen and oxygen atoms in total. The van der Waals surface area contributed by atoms with Crippen LogP contribution in [0.4, 0.5) is 28.8 Å². The van der Waals surface area contributed by atoms with Gasteiger partial charge in [0.25, 0.3) is 0 Å². The predicted octanol–water partition coefficient (Wildman–Crippen LogP) is 5.82. The number of esters is 2. The Morgan fingerprint density at radius 3 is 1.68 bits per heavy atom. The Hall–Kier alpha value is -6.07. The van der Waals surface area contributed by atoms with Gasteiger partial charge in [-0.15, -0.1) is 0 Å². The second kappa shape index (κ2) is 19.7. The fourth-order valence-electron chi connectivity index (χ4n) is 5.77. The predicted molar refractivity (Wildman–Crippen MR) is 218 cm³/mol. The number of aryl methyl sites for hydroxylation is 2. The van der Waals surface area contributed by atoms with Crippen LogP contribution in [0.3, 0.4) is 0 Å². The van der Waals surface area contributed by atoms with Crippen molar-refractivity contribution < 1.29 is 28.5 Å². The molecule has 0 bridgehead atoms. The minimum absolute atomic E-state index is 0.357. The number of carbonyl (C=O) groups excluding carboxylic acids is 2. The van der Waals surface area contributed by atoms with Gasteiger partial charge < -0.3 is 39.8 Å². The summed E-state index contributed by atoms with van der Waals surface area (Å²) in [4.78, 5) is 51.9. The first-order valence-corrected chi connectivity index (χ1v) is 18.5. The minimum atomic E-state index is -0.401. The van der Waals surface area contributed by atoms with Crippen molar-refractivity contribution in [1.29, 1.82) is 0 Å². The number of nitrogens with one attached hydrogen (secondary N) is 3. The highest BCUT2D eigenvalue weighted by molar-refractivity contribution is 6.29. The van der Waals surface area contributed by atoms with E-state index >= 15 is 0 Å². The van der Waals surface area contributed by atoms with Gasteiger partial charge in [0, 0.05) is 37.6 Å². The molecule has 2 saturated heterocycles. The molecule has 2 aliphatic heterocycles. The summed E-state index contributed by atoms with van der Waals surface area (Å²) >= 11 is 5.95. The van der Waals surface area contributed by atoms with Crippen LogP contribution in [0.5, 0.6) is 0 Å². The number of carbonyl (C=O) groups is 2. The molecule has 0 radical (unpaired) electrons. The van der Waals surface area contributed by atoms with E-state index in [1.165, 1.54) is 26.9 Å². The van der Waals surface area contributed by atoms with Crippen molar-refractivity contribution >= 4 is 74.4 Å². The van der Waals surface area contributed by atoms with Gasteiger partial charge in [-0.2, -0.15) is 0 Å². The molecule has 4 aromatic heterocycles. The normalized spacial score (nSPS) is 13.7. The summed E-state index contributed by atoms with van der Waals surface area (Å²) in [6.45, 7) is 10.7. The number of hydrogen-bond acceptors (Lipinski definition) is 16. The van der Waals surface area contributed by atoms with E-state index in [0.29, 0.717) is 57.7 Å². The third kappa shape index (κ3) is 10.6. The fraction of sp³-hybridized carbons (Fsp3) is 0.300. The third-order valence-electron chi connectivity index (χ3n) is 8.92. The lowest BCUT2D eigenvalue weighted by atomic mass is 10.1. The van der Waals surface area contributed by atoms with Crippen LogP contribution in [0.1, 0.15) is 31.8 Å². The molecule has 17 heteroatoms. The van der Waals surface area contributed by atoms with E-state index in [1.54, 1.807) is 36.4 Å². The summed E-state index contributed by atoms with van der Waals surface area (Å²) in [6, 6.07) is 18.0. The molecule has 0 aliphatic carbocycles. The molecule has 6 aromatic rings. The maximum Gasteiger partial charge on any atom is 0.337 e. The molecule has 6 heterocycles. The molecule has 0 amide bonds. The van der Waals surface area contributed by atoms with Gasteiger partial charge in [-0.1, -0.05) is 23.7 Å². The zero-order valence-corrected chi connectivity index (χ0v) is 32.8. The lowest BCUT2D eigenvalue weighted by Crippen LogP contribution is -2.36. The van der Waals surface area contributed by atoms with Crippen LogP contribution in [0.25, 0.3) is 22.1 Å². The van der Waals surface area contributed by atoms with Crippen LogP contribution in [0.15, 0.2) is 73.3 Å². The van der Waals surface area contributed by atoms with E-state index in [-0.39, 0.29) is 5.97 Å². The maximum absolute atomic E-state index is 11.9. The summed E-state index contributed by atoms with van der Waals surface area (Å²) in [5.41, 5.74) is 6.99. The van der Waals surface area contributed by atoms with E-state index in [0.717, 1.165) is 73.2 Å². The number of methoxy groups -OCH3 is 2. The Morgan fingerprint density at radius 1 is 0.684 bits per heavy atom. The lowest BCUT2D eigenvalue weighted by Gasteiger charge is -2.28. The van der Waals surface area contributed by atoms with E-state index in [9.17, 15) is 9.59 Å².